The number of aliphatic hydroxyl groups is 3. The van der Waals surface area contributed by atoms with Crippen LogP contribution < -0.4 is 5.32 Å². The van der Waals surface area contributed by atoms with Crippen molar-refractivity contribution in [2.75, 3.05) is 11.9 Å². The van der Waals surface area contributed by atoms with E-state index in [0.717, 1.165) is 24.3 Å². The van der Waals surface area contributed by atoms with Crippen molar-refractivity contribution in [3.8, 4) is 0 Å². The lowest BCUT2D eigenvalue weighted by Gasteiger charge is -2.41. The maximum absolute atomic E-state index is 13.4. The molecular formula is C22H22ClF2NO6S. The van der Waals surface area contributed by atoms with E-state index < -0.39 is 62.8 Å². The van der Waals surface area contributed by atoms with Crippen molar-refractivity contribution in [1.82, 2.24) is 0 Å². The molecule has 0 aliphatic heterocycles. The molecule has 2 saturated carbocycles. The number of fused-ring (bicyclic) bond motifs is 2. The number of halogens is 3. The highest BCUT2D eigenvalue weighted by molar-refractivity contribution is 7.92. The van der Waals surface area contributed by atoms with Crippen LogP contribution >= 0.6 is 11.6 Å². The maximum Gasteiger partial charge on any atom is 0.255 e. The second kappa shape index (κ2) is 8.59. The molecule has 0 aromatic heterocycles. The molecule has 178 valence electrons. The van der Waals surface area contributed by atoms with Crippen molar-refractivity contribution in [3.05, 3.63) is 58.6 Å². The molecular weight excluding hydrogens is 480 g/mol. The molecule has 4 N–H and O–H groups in total. The zero-order chi connectivity index (χ0) is 24.1. The van der Waals surface area contributed by atoms with Crippen LogP contribution in [-0.4, -0.2) is 53.2 Å². The van der Waals surface area contributed by atoms with E-state index >= 15 is 0 Å². The summed E-state index contributed by atoms with van der Waals surface area (Å²) in [6, 6.07) is 6.47. The number of rotatable bonds is 5. The molecule has 0 radical (unpaired) electrons. The average molecular weight is 502 g/mol. The minimum absolute atomic E-state index is 0.0145. The van der Waals surface area contributed by atoms with E-state index in [1.165, 1.54) is 12.1 Å². The van der Waals surface area contributed by atoms with E-state index in [0.29, 0.717) is 0 Å². The van der Waals surface area contributed by atoms with Crippen LogP contribution in [0.1, 0.15) is 29.6 Å². The normalized spacial score (nSPS) is 29.2. The van der Waals surface area contributed by atoms with Gasteiger partial charge in [-0.3, -0.25) is 4.79 Å². The quantitative estimate of drug-likeness (QED) is 0.499. The van der Waals surface area contributed by atoms with Gasteiger partial charge >= 0.3 is 0 Å². The van der Waals surface area contributed by atoms with Crippen molar-refractivity contribution in [3.63, 3.8) is 0 Å². The summed E-state index contributed by atoms with van der Waals surface area (Å²) in [6.45, 7) is -0.577. The zero-order valence-corrected chi connectivity index (χ0v) is 18.8. The number of benzene rings is 2. The Morgan fingerprint density at radius 2 is 1.85 bits per heavy atom. The molecule has 2 aromatic rings. The third-order valence-electron chi connectivity index (χ3n) is 6.77. The van der Waals surface area contributed by atoms with Gasteiger partial charge in [0.25, 0.3) is 5.91 Å². The second-order valence-corrected chi connectivity index (χ2v) is 11.2. The lowest BCUT2D eigenvalue weighted by molar-refractivity contribution is -0.106. The minimum atomic E-state index is -4.07. The molecule has 2 fully saturated rings. The molecule has 0 spiro atoms. The maximum atomic E-state index is 13.4. The summed E-state index contributed by atoms with van der Waals surface area (Å²) in [5, 5.41) is 31.9. The Balaban J connectivity index is 1.61. The first-order chi connectivity index (χ1) is 15.5. The van der Waals surface area contributed by atoms with Crippen molar-refractivity contribution in [1.29, 1.82) is 0 Å². The van der Waals surface area contributed by atoms with E-state index in [4.69, 9.17) is 11.6 Å². The summed E-state index contributed by atoms with van der Waals surface area (Å²) >= 11 is 6.16. The molecule has 7 nitrogen and oxygen atoms in total. The second-order valence-electron chi connectivity index (χ2n) is 8.62. The Bertz CT molecular complexity index is 1210. The van der Waals surface area contributed by atoms with Crippen LogP contribution in [0.25, 0.3) is 0 Å². The topological polar surface area (TPSA) is 124 Å². The van der Waals surface area contributed by atoms with Crippen molar-refractivity contribution in [2.45, 2.75) is 41.1 Å². The molecule has 5 atom stereocenters. The van der Waals surface area contributed by atoms with Crippen LogP contribution in [0.4, 0.5) is 14.5 Å². The van der Waals surface area contributed by atoms with E-state index in [1.54, 1.807) is 0 Å². The molecule has 2 aliphatic carbocycles. The molecule has 11 heteroatoms. The highest BCUT2D eigenvalue weighted by Gasteiger charge is 2.59. The highest BCUT2D eigenvalue weighted by atomic mass is 35.5. The minimum Gasteiger partial charge on any atom is -0.393 e. The number of carbonyl (C=O) groups excluding carboxylic acids is 1. The van der Waals surface area contributed by atoms with Gasteiger partial charge in [-0.2, -0.15) is 0 Å². The van der Waals surface area contributed by atoms with Gasteiger partial charge in [0.05, 0.1) is 33.5 Å². The van der Waals surface area contributed by atoms with Gasteiger partial charge in [0, 0.05) is 23.2 Å². The molecule has 33 heavy (non-hydrogen) atoms. The van der Waals surface area contributed by atoms with Crippen LogP contribution in [0.15, 0.2) is 41.3 Å². The number of nitrogens with one attached hydrogen (secondary N) is 1. The van der Waals surface area contributed by atoms with E-state index in [-0.39, 0.29) is 40.4 Å². The van der Waals surface area contributed by atoms with E-state index in [1.807, 2.05) is 0 Å². The Kier molecular flexibility index (Phi) is 6.25. The molecule has 0 unspecified atom stereocenters. The number of carbonyl (C=O) groups is 1. The Hall–Kier alpha value is -2.11. The highest BCUT2D eigenvalue weighted by Crippen LogP contribution is 2.52. The lowest BCUT2D eigenvalue weighted by Crippen LogP contribution is -2.51. The van der Waals surface area contributed by atoms with Crippen LogP contribution in [-0.2, 0) is 9.84 Å². The van der Waals surface area contributed by atoms with Crippen molar-refractivity contribution >= 4 is 33.0 Å². The summed E-state index contributed by atoms with van der Waals surface area (Å²) in [6.07, 6.45) is -0.804. The fourth-order valence-corrected chi connectivity index (χ4v) is 7.35. The largest absolute Gasteiger partial charge is 0.393 e. The number of sulfone groups is 1. The predicted molar refractivity (Wildman–Crippen MR) is 116 cm³/mol. The molecule has 2 bridgehead atoms. The number of anilines is 1. The van der Waals surface area contributed by atoms with Gasteiger partial charge in [0.1, 0.15) is 0 Å². The molecule has 1 amide bonds. The standard InChI is InChI=1S/C22H22ClF2NO6S/c23-16-3-1-11(21(29)26-13-2-4-17(24)18(25)8-13)5-20(16)33(31,32)14-6-12-7-19(28)15(9-14)22(12,30)10-27/h1-5,8,12,14-15,19,27-28,30H,6-7,9-10H2,(H,26,29)/t12-,14+,15+,19+,22+/m0/s1. The van der Waals surface area contributed by atoms with Crippen molar-refractivity contribution < 1.29 is 37.3 Å². The van der Waals surface area contributed by atoms with Crippen LogP contribution in [0.5, 0.6) is 0 Å². The Labute approximate surface area is 193 Å². The predicted octanol–water partition coefficient (Wildman–Crippen LogP) is 2.53. The molecule has 4 rings (SSSR count). The molecule has 0 heterocycles. The summed E-state index contributed by atoms with van der Waals surface area (Å²) in [5.74, 6) is -4.38. The summed E-state index contributed by atoms with van der Waals surface area (Å²) in [4.78, 5) is 12.3. The Morgan fingerprint density at radius 1 is 1.12 bits per heavy atom. The van der Waals surface area contributed by atoms with Gasteiger partial charge in [-0.15, -0.1) is 0 Å². The fraction of sp³-hybridized carbons (Fsp3) is 0.409. The smallest absolute Gasteiger partial charge is 0.255 e. The van der Waals surface area contributed by atoms with Crippen LogP contribution in [0.3, 0.4) is 0 Å². The summed E-state index contributed by atoms with van der Waals surface area (Å²) < 4.78 is 53.3. The summed E-state index contributed by atoms with van der Waals surface area (Å²) in [5.41, 5.74) is -1.62. The van der Waals surface area contributed by atoms with Gasteiger partial charge in [-0.25, -0.2) is 17.2 Å². The Morgan fingerprint density at radius 3 is 2.48 bits per heavy atom. The first kappa shape index (κ1) is 24.0. The number of amides is 1. The van der Waals surface area contributed by atoms with Crippen molar-refractivity contribution in [2.24, 2.45) is 11.8 Å². The first-order valence-corrected chi connectivity index (χ1v) is 12.2. The number of hydrogen-bond donors (Lipinski definition) is 4. The van der Waals surface area contributed by atoms with Gasteiger partial charge in [0.2, 0.25) is 0 Å². The van der Waals surface area contributed by atoms with Crippen LogP contribution in [0.2, 0.25) is 5.02 Å². The number of aliphatic hydroxyl groups excluding tert-OH is 2. The molecule has 2 aromatic carbocycles. The zero-order valence-electron chi connectivity index (χ0n) is 17.2. The molecule has 2 aliphatic rings. The third-order valence-corrected chi connectivity index (χ3v) is 9.43. The number of hydrogen-bond acceptors (Lipinski definition) is 6. The van der Waals surface area contributed by atoms with Gasteiger partial charge in [0.15, 0.2) is 21.5 Å². The van der Waals surface area contributed by atoms with Gasteiger partial charge in [-0.1, -0.05) is 11.6 Å². The fourth-order valence-electron chi connectivity index (χ4n) is 4.97. The van der Waals surface area contributed by atoms with Gasteiger partial charge < -0.3 is 20.6 Å². The van der Waals surface area contributed by atoms with Gasteiger partial charge in [-0.05, 0) is 55.5 Å². The van der Waals surface area contributed by atoms with E-state index in [2.05, 4.69) is 5.32 Å². The SMILES string of the molecule is O=C(Nc1ccc(F)c(F)c1)c1ccc(Cl)c(S(=O)(=O)[C@@H]2C[C@H]3C[C@@H](O)[C@@H](C2)[C@@]3(O)CO)c1. The third kappa shape index (κ3) is 4.15. The van der Waals surface area contributed by atoms with E-state index in [9.17, 15) is 37.3 Å². The molecule has 0 saturated heterocycles. The first-order valence-electron chi connectivity index (χ1n) is 10.3. The monoisotopic (exact) mass is 501 g/mol. The van der Waals surface area contributed by atoms with Crippen LogP contribution in [0, 0.1) is 23.5 Å². The lowest BCUT2D eigenvalue weighted by atomic mass is 9.74. The average Bonchev–Trinajstić information content (AvgIpc) is 2.89. The summed E-state index contributed by atoms with van der Waals surface area (Å²) in [7, 11) is -4.07.